The maximum Gasteiger partial charge on any atom is 0.471 e. The van der Waals surface area contributed by atoms with Crippen molar-refractivity contribution in [2.24, 2.45) is 5.92 Å². The van der Waals surface area contributed by atoms with E-state index in [1.807, 2.05) is 24.3 Å². The van der Waals surface area contributed by atoms with E-state index in [1.54, 1.807) is 12.1 Å². The van der Waals surface area contributed by atoms with E-state index in [9.17, 15) is 18.0 Å². The van der Waals surface area contributed by atoms with E-state index in [1.165, 1.54) is 12.1 Å². The first-order valence-electron chi connectivity index (χ1n) is 10.8. The third-order valence-corrected chi connectivity index (χ3v) is 5.11. The Labute approximate surface area is 190 Å². The maximum atomic E-state index is 12.7. The molecule has 1 N–H and O–H groups in total. The van der Waals surface area contributed by atoms with Crippen molar-refractivity contribution in [1.82, 2.24) is 15.5 Å². The van der Waals surface area contributed by atoms with Crippen LogP contribution in [0.4, 0.5) is 13.2 Å². The molecule has 0 aliphatic heterocycles. The molecule has 1 amide bonds. The van der Waals surface area contributed by atoms with Gasteiger partial charge in [-0.1, -0.05) is 62.2 Å². The van der Waals surface area contributed by atoms with Crippen molar-refractivity contribution in [1.29, 1.82) is 0 Å². The lowest BCUT2D eigenvalue weighted by Crippen LogP contribution is -2.23. The fourth-order valence-electron chi connectivity index (χ4n) is 3.33. The topological polar surface area (TPSA) is 77.2 Å². The number of hydrogen-bond acceptors (Lipinski definition) is 5. The van der Waals surface area contributed by atoms with Crippen LogP contribution in [-0.4, -0.2) is 22.7 Å². The number of amides is 1. The number of aromatic nitrogens is 2. The first-order chi connectivity index (χ1) is 15.8. The third-order valence-electron chi connectivity index (χ3n) is 5.11. The van der Waals surface area contributed by atoms with Gasteiger partial charge in [-0.15, -0.1) is 0 Å². The number of carbonyl (C=O) groups excluding carboxylic acids is 1. The lowest BCUT2D eigenvalue weighted by Gasteiger charge is -2.14. The van der Waals surface area contributed by atoms with Crippen LogP contribution in [0.5, 0.6) is 5.75 Å². The number of para-hydroxylation sites is 1. The first kappa shape index (κ1) is 24.3. The van der Waals surface area contributed by atoms with Crippen LogP contribution in [0, 0.1) is 5.92 Å². The van der Waals surface area contributed by atoms with E-state index in [2.05, 4.69) is 33.8 Å². The van der Waals surface area contributed by atoms with Gasteiger partial charge in [-0.3, -0.25) is 4.79 Å². The SMILES string of the molecule is CCCC(C)CCOc1ccccc1CNC(=O)c1cccc(-c2noc(C(F)(F)F)n2)c1. The van der Waals surface area contributed by atoms with Crippen molar-refractivity contribution in [2.45, 2.75) is 45.8 Å². The number of carbonyl (C=O) groups is 1. The van der Waals surface area contributed by atoms with E-state index in [0.29, 0.717) is 18.3 Å². The van der Waals surface area contributed by atoms with E-state index in [-0.39, 0.29) is 29.4 Å². The summed E-state index contributed by atoms with van der Waals surface area (Å²) in [4.78, 5) is 16.0. The molecule has 6 nitrogen and oxygen atoms in total. The number of benzene rings is 2. The second-order valence-electron chi connectivity index (χ2n) is 7.82. The lowest BCUT2D eigenvalue weighted by molar-refractivity contribution is -0.159. The van der Waals surface area contributed by atoms with Gasteiger partial charge in [-0.2, -0.15) is 18.2 Å². The van der Waals surface area contributed by atoms with Crippen LogP contribution in [0.15, 0.2) is 53.1 Å². The first-order valence-corrected chi connectivity index (χ1v) is 10.8. The molecule has 0 fully saturated rings. The van der Waals surface area contributed by atoms with E-state index in [0.717, 1.165) is 24.8 Å². The summed E-state index contributed by atoms with van der Waals surface area (Å²) in [5.41, 5.74) is 1.34. The van der Waals surface area contributed by atoms with Crippen molar-refractivity contribution in [3.8, 4) is 17.1 Å². The fourth-order valence-corrected chi connectivity index (χ4v) is 3.33. The standard InChI is InChI=1S/C24H26F3N3O3/c1-3-7-16(2)12-13-32-20-11-5-4-8-19(20)15-28-22(31)18-10-6-9-17(14-18)21-29-23(33-30-21)24(25,26)27/h4-6,8-11,14,16H,3,7,12-13,15H2,1-2H3,(H,28,31). The normalized spacial score (nSPS) is 12.4. The highest BCUT2D eigenvalue weighted by atomic mass is 19.4. The highest BCUT2D eigenvalue weighted by Gasteiger charge is 2.38. The fraction of sp³-hybridized carbons (Fsp3) is 0.375. The Bertz CT molecular complexity index is 1070. The molecule has 0 spiro atoms. The Morgan fingerprint density at radius 2 is 1.94 bits per heavy atom. The van der Waals surface area contributed by atoms with Gasteiger partial charge in [-0.25, -0.2) is 0 Å². The van der Waals surface area contributed by atoms with Crippen LogP contribution >= 0.6 is 0 Å². The zero-order valence-electron chi connectivity index (χ0n) is 18.5. The largest absolute Gasteiger partial charge is 0.493 e. The molecule has 0 saturated carbocycles. The minimum atomic E-state index is -4.73. The molecular weight excluding hydrogens is 435 g/mol. The predicted octanol–water partition coefficient (Wildman–Crippen LogP) is 5.89. The second kappa shape index (κ2) is 11.0. The number of rotatable bonds is 10. The van der Waals surface area contributed by atoms with Crippen LogP contribution in [0.1, 0.15) is 54.9 Å². The number of ether oxygens (including phenoxy) is 1. The molecule has 0 bridgehead atoms. The minimum Gasteiger partial charge on any atom is -0.493 e. The van der Waals surface area contributed by atoms with Crippen LogP contribution in [0.3, 0.4) is 0 Å². The van der Waals surface area contributed by atoms with E-state index < -0.39 is 12.1 Å². The molecule has 0 radical (unpaired) electrons. The molecule has 3 aromatic rings. The smallest absolute Gasteiger partial charge is 0.471 e. The van der Waals surface area contributed by atoms with Crippen molar-refractivity contribution >= 4 is 5.91 Å². The van der Waals surface area contributed by atoms with Crippen molar-refractivity contribution in [2.75, 3.05) is 6.61 Å². The van der Waals surface area contributed by atoms with Gasteiger partial charge < -0.3 is 14.6 Å². The Morgan fingerprint density at radius 3 is 2.67 bits per heavy atom. The molecule has 1 heterocycles. The van der Waals surface area contributed by atoms with Gasteiger partial charge in [0.2, 0.25) is 5.82 Å². The Kier molecular flexibility index (Phi) is 8.08. The molecule has 1 aromatic heterocycles. The number of nitrogens with one attached hydrogen (secondary N) is 1. The molecule has 176 valence electrons. The van der Waals surface area contributed by atoms with Gasteiger partial charge in [0, 0.05) is 23.2 Å². The minimum absolute atomic E-state index is 0.240. The highest BCUT2D eigenvalue weighted by molar-refractivity contribution is 5.95. The van der Waals surface area contributed by atoms with Crippen molar-refractivity contribution in [3.63, 3.8) is 0 Å². The molecule has 9 heteroatoms. The highest BCUT2D eigenvalue weighted by Crippen LogP contribution is 2.29. The van der Waals surface area contributed by atoms with Gasteiger partial charge in [0.1, 0.15) is 5.75 Å². The average molecular weight is 461 g/mol. The summed E-state index contributed by atoms with van der Waals surface area (Å²) in [5, 5.41) is 6.18. The van der Waals surface area contributed by atoms with Gasteiger partial charge in [0.05, 0.1) is 6.61 Å². The Hall–Kier alpha value is -3.36. The van der Waals surface area contributed by atoms with E-state index in [4.69, 9.17) is 4.74 Å². The van der Waals surface area contributed by atoms with Crippen LogP contribution < -0.4 is 10.1 Å². The Morgan fingerprint density at radius 1 is 1.15 bits per heavy atom. The monoisotopic (exact) mass is 461 g/mol. The zero-order valence-corrected chi connectivity index (χ0v) is 18.5. The molecular formula is C24H26F3N3O3. The number of hydrogen-bond donors (Lipinski definition) is 1. The second-order valence-corrected chi connectivity index (χ2v) is 7.82. The van der Waals surface area contributed by atoms with E-state index >= 15 is 0 Å². The van der Waals surface area contributed by atoms with Crippen molar-refractivity contribution in [3.05, 3.63) is 65.5 Å². The van der Waals surface area contributed by atoms with Crippen LogP contribution in [0.2, 0.25) is 0 Å². The summed E-state index contributed by atoms with van der Waals surface area (Å²) in [5.74, 6) is -0.772. The van der Waals surface area contributed by atoms with Gasteiger partial charge in [0.25, 0.3) is 5.91 Å². The summed E-state index contributed by atoms with van der Waals surface area (Å²) < 4.78 is 48.3. The summed E-state index contributed by atoms with van der Waals surface area (Å²) in [6, 6.07) is 13.5. The quantitative estimate of drug-likeness (QED) is 0.407. The average Bonchev–Trinajstić information content (AvgIpc) is 3.30. The zero-order chi connectivity index (χ0) is 23.8. The summed E-state index contributed by atoms with van der Waals surface area (Å²) >= 11 is 0. The van der Waals surface area contributed by atoms with Crippen molar-refractivity contribution < 1.29 is 27.2 Å². The number of halogens is 3. The summed E-state index contributed by atoms with van der Waals surface area (Å²) in [7, 11) is 0. The summed E-state index contributed by atoms with van der Waals surface area (Å²) in [6.45, 7) is 5.20. The van der Waals surface area contributed by atoms with Gasteiger partial charge in [-0.05, 0) is 30.5 Å². The molecule has 33 heavy (non-hydrogen) atoms. The molecule has 0 aliphatic carbocycles. The molecule has 3 rings (SSSR count). The molecule has 0 saturated heterocycles. The predicted molar refractivity (Wildman–Crippen MR) is 117 cm³/mol. The number of alkyl halides is 3. The molecule has 0 aliphatic rings. The molecule has 2 aromatic carbocycles. The Balaban J connectivity index is 1.63. The lowest BCUT2D eigenvalue weighted by atomic mass is 10.0. The molecule has 1 atom stereocenters. The maximum absolute atomic E-state index is 12.7. The number of nitrogens with zero attached hydrogens (tertiary/aromatic N) is 2. The van der Waals surface area contributed by atoms with Crippen LogP contribution in [-0.2, 0) is 12.7 Å². The summed E-state index contributed by atoms with van der Waals surface area (Å²) in [6.07, 6.45) is -1.49. The van der Waals surface area contributed by atoms with Gasteiger partial charge in [0.15, 0.2) is 0 Å². The van der Waals surface area contributed by atoms with Crippen LogP contribution in [0.25, 0.3) is 11.4 Å². The molecule has 1 unspecified atom stereocenters. The van der Waals surface area contributed by atoms with Gasteiger partial charge >= 0.3 is 12.1 Å². The third kappa shape index (κ3) is 6.81.